The van der Waals surface area contributed by atoms with Crippen molar-refractivity contribution in [3.63, 3.8) is 0 Å². The first kappa shape index (κ1) is 21.0. The van der Waals surface area contributed by atoms with E-state index in [-0.39, 0.29) is 11.2 Å². The van der Waals surface area contributed by atoms with Gasteiger partial charge < -0.3 is 0 Å². The highest BCUT2D eigenvalue weighted by molar-refractivity contribution is 8.10. The van der Waals surface area contributed by atoms with Gasteiger partial charge in [0.1, 0.15) is 0 Å². The third-order valence-corrected chi connectivity index (χ3v) is 4.36. The van der Waals surface area contributed by atoms with Crippen LogP contribution in [0.3, 0.4) is 0 Å². The maximum atomic E-state index is 11.8. The molecule has 0 saturated carbocycles. The molecule has 0 spiro atoms. The van der Waals surface area contributed by atoms with E-state index in [9.17, 15) is 4.79 Å². The smallest absolute Gasteiger partial charge is 0.294 e. The van der Waals surface area contributed by atoms with Gasteiger partial charge in [-0.15, -0.1) is 0 Å². The van der Waals surface area contributed by atoms with Gasteiger partial charge in [0, 0.05) is 6.04 Å². The lowest BCUT2D eigenvalue weighted by Gasteiger charge is -2.39. The minimum Gasteiger partial charge on any atom is -0.294 e. The van der Waals surface area contributed by atoms with Gasteiger partial charge in [0.2, 0.25) is 0 Å². The van der Waals surface area contributed by atoms with Crippen molar-refractivity contribution in [2.75, 3.05) is 0 Å². The lowest BCUT2D eigenvalue weighted by Crippen LogP contribution is -2.57. The van der Waals surface area contributed by atoms with Crippen LogP contribution < -0.4 is 0 Å². The summed E-state index contributed by atoms with van der Waals surface area (Å²) in [5.74, 6) is -2.88. The Morgan fingerprint density at radius 1 is 1.36 bits per heavy atom. The van der Waals surface area contributed by atoms with Crippen molar-refractivity contribution in [1.82, 2.24) is 4.90 Å². The fraction of sp³-hybridized carbons (Fsp3) is 0.667. The summed E-state index contributed by atoms with van der Waals surface area (Å²) in [6, 6.07) is -0.348. The van der Waals surface area contributed by atoms with Crippen LogP contribution in [-0.2, 0) is 8.98 Å². The maximum Gasteiger partial charge on any atom is 0.309 e. The molecule has 0 aliphatic carbocycles. The number of nitrogens with zero attached hydrogens (tertiary/aromatic N) is 3. The molecule has 1 rings (SSSR count). The molecule has 1 aliphatic rings. The number of hydrogen-bond acceptors (Lipinski definition) is 5. The average Bonchev–Trinajstić information content (AvgIpc) is 2.67. The molecule has 1 unspecified atom stereocenters. The van der Waals surface area contributed by atoms with Crippen LogP contribution in [0.15, 0.2) is 9.98 Å². The van der Waals surface area contributed by atoms with Crippen LogP contribution in [0.5, 0.6) is 0 Å². The average molecular weight is 466 g/mol. The second-order valence-electron chi connectivity index (χ2n) is 4.14. The molecular formula is C9H7Cl6N3O2S2. The molecular weight excluding hydrogens is 459 g/mol. The van der Waals surface area contributed by atoms with Crippen molar-refractivity contribution in [2.45, 2.75) is 33.3 Å². The van der Waals surface area contributed by atoms with Gasteiger partial charge in [-0.2, -0.15) is 9.98 Å². The van der Waals surface area contributed by atoms with Gasteiger partial charge in [-0.25, -0.2) is 0 Å². The highest BCUT2D eigenvalue weighted by Crippen LogP contribution is 2.51. The minimum atomic E-state index is -2.23. The van der Waals surface area contributed by atoms with Gasteiger partial charge in [-0.1, -0.05) is 69.6 Å². The van der Waals surface area contributed by atoms with Crippen molar-refractivity contribution < 1.29 is 8.98 Å². The molecule has 1 aliphatic heterocycles. The fourth-order valence-corrected chi connectivity index (χ4v) is 3.35. The molecule has 1 atom stereocenters. The fourth-order valence-electron chi connectivity index (χ4n) is 1.48. The monoisotopic (exact) mass is 463 g/mol. The molecule has 0 N–H and O–H groups in total. The van der Waals surface area contributed by atoms with Crippen molar-refractivity contribution in [2.24, 2.45) is 9.98 Å². The summed E-state index contributed by atoms with van der Waals surface area (Å²) >= 11 is 39.6. The zero-order chi connectivity index (χ0) is 17.3. The van der Waals surface area contributed by atoms with Gasteiger partial charge in [0.25, 0.3) is 13.5 Å². The third kappa shape index (κ3) is 4.33. The minimum absolute atomic E-state index is 0.00616. The largest absolute Gasteiger partial charge is 0.309 e. The van der Waals surface area contributed by atoms with Crippen LogP contribution in [-0.4, -0.2) is 40.6 Å². The summed E-state index contributed by atoms with van der Waals surface area (Å²) in [5.41, 5.74) is 0. The molecule has 0 radical (unpaired) electrons. The van der Waals surface area contributed by atoms with Gasteiger partial charge in [-0.05, 0) is 26.1 Å². The third-order valence-electron chi connectivity index (χ3n) is 2.29. The first-order chi connectivity index (χ1) is 9.87. The number of aliphatic imine (C=N–C) groups is 2. The van der Waals surface area contributed by atoms with Gasteiger partial charge in [0.05, 0.1) is 17.2 Å². The Balaban J connectivity index is 3.41. The molecule has 5 nitrogen and oxygen atoms in total. The summed E-state index contributed by atoms with van der Waals surface area (Å²) in [7, 11) is 0. The number of rotatable bonds is 2. The standard InChI is InChI=1S/C9H7Cl6N3O2S2/c1-4(2)18-6(17-5(19)7(10,11)12)22-20-9(18,16-3-21)8(13,14)15/h4H,1-2H3. The van der Waals surface area contributed by atoms with Gasteiger partial charge in [-0.3, -0.25) is 13.9 Å². The molecule has 1 fully saturated rings. The Bertz CT molecular complexity index is 540. The Morgan fingerprint density at radius 3 is 2.27 bits per heavy atom. The number of carbonyl (C=O) groups is 1. The van der Waals surface area contributed by atoms with Crippen LogP contribution in [0.1, 0.15) is 13.8 Å². The van der Waals surface area contributed by atoms with Crippen LogP contribution in [0.4, 0.5) is 0 Å². The van der Waals surface area contributed by atoms with E-state index in [0.29, 0.717) is 12.0 Å². The number of halogens is 6. The number of hydrogen-bond donors (Lipinski definition) is 0. The predicted octanol–water partition coefficient (Wildman–Crippen LogP) is 4.75. The number of thiocarbonyl (C=S) groups is 1. The van der Waals surface area contributed by atoms with Crippen molar-refractivity contribution >= 4 is 110 Å². The topological polar surface area (TPSA) is 54.3 Å². The lowest BCUT2D eigenvalue weighted by atomic mass is 10.3. The Kier molecular flexibility index (Phi) is 7.15. The Hall–Kier alpha value is 0.990. The van der Waals surface area contributed by atoms with Crippen molar-refractivity contribution in [1.29, 1.82) is 0 Å². The maximum absolute atomic E-state index is 11.8. The normalized spacial score (nSPS) is 24.8. The molecule has 0 aromatic carbocycles. The summed E-state index contributed by atoms with van der Waals surface area (Å²) in [5, 5.41) is 2.11. The zero-order valence-electron chi connectivity index (χ0n) is 10.8. The molecule has 13 heteroatoms. The van der Waals surface area contributed by atoms with Crippen LogP contribution in [0.2, 0.25) is 0 Å². The second-order valence-corrected chi connectivity index (χ2v) is 9.58. The van der Waals surface area contributed by atoms with Crippen LogP contribution in [0, 0.1) is 0 Å². The van der Waals surface area contributed by atoms with E-state index < -0.39 is 19.3 Å². The Morgan fingerprint density at radius 2 is 1.91 bits per heavy atom. The van der Waals surface area contributed by atoms with E-state index in [1.165, 1.54) is 4.90 Å². The van der Waals surface area contributed by atoms with E-state index in [0.717, 1.165) is 0 Å². The SMILES string of the molecule is CC(C)N1C(=NC(=O)C(Cl)(Cl)Cl)SOC1(N=C=S)C(Cl)(Cl)Cl. The molecule has 0 bridgehead atoms. The first-order valence-electron chi connectivity index (χ1n) is 5.37. The highest BCUT2D eigenvalue weighted by Gasteiger charge is 2.62. The lowest BCUT2D eigenvalue weighted by molar-refractivity contribution is -0.117. The molecule has 22 heavy (non-hydrogen) atoms. The van der Waals surface area contributed by atoms with Crippen LogP contribution >= 0.6 is 93.9 Å². The number of carbonyl (C=O) groups excluding carboxylic acids is 1. The highest BCUT2D eigenvalue weighted by atomic mass is 35.6. The summed E-state index contributed by atoms with van der Waals surface area (Å²) in [4.78, 5) is 20.6. The summed E-state index contributed by atoms with van der Waals surface area (Å²) in [6.45, 7) is 3.46. The second kappa shape index (κ2) is 7.48. The Labute approximate surface area is 166 Å². The van der Waals surface area contributed by atoms with E-state index in [2.05, 4.69) is 27.4 Å². The zero-order valence-corrected chi connectivity index (χ0v) is 17.0. The number of isothiocyanates is 1. The predicted molar refractivity (Wildman–Crippen MR) is 96.4 cm³/mol. The van der Waals surface area contributed by atoms with Crippen LogP contribution in [0.25, 0.3) is 0 Å². The number of amides is 1. The number of alkyl halides is 6. The van der Waals surface area contributed by atoms with Crippen molar-refractivity contribution in [3.05, 3.63) is 0 Å². The van der Waals surface area contributed by atoms with E-state index in [4.69, 9.17) is 73.8 Å². The molecule has 1 amide bonds. The van der Waals surface area contributed by atoms with Gasteiger partial charge >= 0.3 is 5.85 Å². The summed E-state index contributed by atoms with van der Waals surface area (Å²) < 4.78 is 1.10. The van der Waals surface area contributed by atoms with E-state index in [1.807, 2.05) is 0 Å². The molecule has 1 saturated heterocycles. The quantitative estimate of drug-likeness (QED) is 0.255. The molecule has 0 aromatic rings. The summed E-state index contributed by atoms with van der Waals surface area (Å²) in [6.07, 6.45) is 0. The number of amidine groups is 1. The molecule has 1 heterocycles. The van der Waals surface area contributed by atoms with E-state index >= 15 is 0 Å². The van der Waals surface area contributed by atoms with Gasteiger partial charge in [0.15, 0.2) is 5.17 Å². The van der Waals surface area contributed by atoms with E-state index in [1.54, 1.807) is 13.8 Å². The first-order valence-corrected chi connectivity index (χ1v) is 8.79. The molecule has 124 valence electrons. The molecule has 0 aromatic heterocycles. The van der Waals surface area contributed by atoms with Crippen molar-refractivity contribution in [3.8, 4) is 0 Å².